The van der Waals surface area contributed by atoms with Crippen molar-refractivity contribution in [2.24, 2.45) is 0 Å². The van der Waals surface area contributed by atoms with Gasteiger partial charge in [-0.2, -0.15) is 5.26 Å². The van der Waals surface area contributed by atoms with Gasteiger partial charge in [-0.05, 0) is 42.5 Å². The Kier molecular flexibility index (Phi) is 4.36. The Morgan fingerprint density at radius 1 is 1.26 bits per heavy atom. The van der Waals surface area contributed by atoms with E-state index in [2.05, 4.69) is 10.3 Å². The summed E-state index contributed by atoms with van der Waals surface area (Å²) in [7, 11) is 0. The summed E-state index contributed by atoms with van der Waals surface area (Å²) < 4.78 is 14.8. The van der Waals surface area contributed by atoms with Crippen LogP contribution < -0.4 is 5.32 Å². The second-order valence-electron chi connectivity index (χ2n) is 5.66. The molecule has 0 aliphatic rings. The molecule has 0 aliphatic carbocycles. The van der Waals surface area contributed by atoms with Crippen LogP contribution in [0.25, 0.3) is 16.2 Å². The topological polar surface area (TPSA) is 70.2 Å². The first-order valence-electron chi connectivity index (χ1n) is 7.78. The molecule has 4 rings (SSSR count). The zero-order valence-electron chi connectivity index (χ0n) is 13.6. The predicted octanol–water partition coefficient (Wildman–Crippen LogP) is 4.98. The molecule has 4 aromatic rings. The van der Waals surface area contributed by atoms with E-state index in [-0.39, 0.29) is 11.7 Å². The first-order chi connectivity index (χ1) is 13.0. The second-order valence-corrected chi connectivity index (χ2v) is 6.94. The van der Waals surface area contributed by atoms with Crippen LogP contribution in [0.15, 0.2) is 54.0 Å². The molecule has 0 fully saturated rings. The number of nitriles is 1. The van der Waals surface area contributed by atoms with Crippen molar-refractivity contribution >= 4 is 39.5 Å². The van der Waals surface area contributed by atoms with E-state index in [0.717, 1.165) is 5.56 Å². The lowest BCUT2D eigenvalue weighted by Crippen LogP contribution is -2.14. The number of hydrogen-bond acceptors (Lipinski definition) is 4. The van der Waals surface area contributed by atoms with Crippen LogP contribution in [0.3, 0.4) is 0 Å². The van der Waals surface area contributed by atoms with E-state index in [0.29, 0.717) is 32.6 Å². The molecule has 2 aromatic heterocycles. The number of nitrogens with zero attached hydrogens (tertiary/aromatic N) is 3. The van der Waals surface area contributed by atoms with Gasteiger partial charge in [-0.25, -0.2) is 9.37 Å². The van der Waals surface area contributed by atoms with Crippen LogP contribution in [0.5, 0.6) is 0 Å². The van der Waals surface area contributed by atoms with Crippen LogP contribution in [-0.2, 0) is 0 Å². The Labute approximate surface area is 162 Å². The van der Waals surface area contributed by atoms with Crippen LogP contribution in [-0.4, -0.2) is 15.3 Å². The number of carbonyl (C=O) groups excluding carboxylic acids is 1. The van der Waals surface area contributed by atoms with Crippen molar-refractivity contribution in [2.45, 2.75) is 0 Å². The highest BCUT2D eigenvalue weighted by Gasteiger charge is 2.17. The predicted molar refractivity (Wildman–Crippen MR) is 103 cm³/mol. The summed E-state index contributed by atoms with van der Waals surface area (Å²) in [6, 6.07) is 12.7. The van der Waals surface area contributed by atoms with Gasteiger partial charge in [-0.1, -0.05) is 11.6 Å². The van der Waals surface area contributed by atoms with Crippen LogP contribution in [0.2, 0.25) is 5.02 Å². The van der Waals surface area contributed by atoms with E-state index in [1.165, 1.54) is 29.5 Å². The van der Waals surface area contributed by atoms with E-state index in [1.807, 2.05) is 6.07 Å². The standard InChI is InChI=1S/C19H10ClFN4OS/c20-13-4-1-12(8-22)15(7-13)23-18(26)17-10-27-19-24-16(9-25(17)19)11-2-5-14(21)6-3-11/h1-7,9-10H,(H,23,26). The third-order valence-electron chi connectivity index (χ3n) is 3.93. The minimum absolute atomic E-state index is 0.317. The van der Waals surface area contributed by atoms with Crippen molar-refractivity contribution in [3.63, 3.8) is 0 Å². The van der Waals surface area contributed by atoms with Gasteiger partial charge in [-0.15, -0.1) is 11.3 Å². The fraction of sp³-hybridized carbons (Fsp3) is 0. The molecule has 1 amide bonds. The molecule has 132 valence electrons. The number of fused-ring (bicyclic) bond motifs is 1. The summed E-state index contributed by atoms with van der Waals surface area (Å²) in [4.78, 5) is 17.8. The molecule has 1 N–H and O–H groups in total. The van der Waals surface area contributed by atoms with Gasteiger partial charge in [0.2, 0.25) is 0 Å². The lowest BCUT2D eigenvalue weighted by atomic mass is 10.2. The van der Waals surface area contributed by atoms with Crippen LogP contribution in [0.1, 0.15) is 16.1 Å². The highest BCUT2D eigenvalue weighted by molar-refractivity contribution is 7.15. The number of rotatable bonds is 3. The Hall–Kier alpha value is -3.21. The number of amides is 1. The fourth-order valence-electron chi connectivity index (χ4n) is 2.61. The maximum Gasteiger partial charge on any atom is 0.273 e. The fourth-order valence-corrected chi connectivity index (χ4v) is 3.64. The van der Waals surface area contributed by atoms with E-state index in [9.17, 15) is 14.4 Å². The Balaban J connectivity index is 1.68. The molecule has 5 nitrogen and oxygen atoms in total. The first-order valence-corrected chi connectivity index (χ1v) is 9.04. The number of benzene rings is 2. The molecular weight excluding hydrogens is 387 g/mol. The molecule has 0 unspecified atom stereocenters. The molecule has 27 heavy (non-hydrogen) atoms. The van der Waals surface area contributed by atoms with Gasteiger partial charge in [-0.3, -0.25) is 9.20 Å². The molecule has 0 atom stereocenters. The molecular formula is C19H10ClFN4OS. The number of thiazole rings is 1. The minimum atomic E-state index is -0.386. The van der Waals surface area contributed by atoms with Gasteiger partial charge >= 0.3 is 0 Å². The number of aromatic nitrogens is 2. The van der Waals surface area contributed by atoms with E-state index in [4.69, 9.17) is 11.6 Å². The smallest absolute Gasteiger partial charge is 0.273 e. The molecule has 0 radical (unpaired) electrons. The van der Waals surface area contributed by atoms with Crippen molar-refractivity contribution in [1.29, 1.82) is 5.26 Å². The first kappa shape index (κ1) is 17.2. The summed E-state index contributed by atoms with van der Waals surface area (Å²) in [5, 5.41) is 14.0. The number of anilines is 1. The molecule has 8 heteroatoms. The number of hydrogen-bond donors (Lipinski definition) is 1. The number of halogens is 2. The lowest BCUT2D eigenvalue weighted by molar-refractivity contribution is 0.102. The molecule has 0 saturated heterocycles. The van der Waals surface area contributed by atoms with Gasteiger partial charge in [0.05, 0.1) is 16.9 Å². The highest BCUT2D eigenvalue weighted by Crippen LogP contribution is 2.25. The van der Waals surface area contributed by atoms with Crippen LogP contribution in [0, 0.1) is 17.1 Å². The third-order valence-corrected chi connectivity index (χ3v) is 5.01. The van der Waals surface area contributed by atoms with Gasteiger partial charge < -0.3 is 5.32 Å². The van der Waals surface area contributed by atoms with E-state index in [1.54, 1.807) is 40.2 Å². The number of nitrogens with one attached hydrogen (secondary N) is 1. The van der Waals surface area contributed by atoms with E-state index < -0.39 is 0 Å². The molecule has 0 spiro atoms. The zero-order valence-corrected chi connectivity index (χ0v) is 15.2. The van der Waals surface area contributed by atoms with Crippen molar-refractivity contribution in [3.05, 3.63) is 76.1 Å². The maximum absolute atomic E-state index is 13.1. The van der Waals surface area contributed by atoms with Gasteiger partial charge in [0, 0.05) is 22.2 Å². The van der Waals surface area contributed by atoms with E-state index >= 15 is 0 Å². The van der Waals surface area contributed by atoms with Crippen molar-refractivity contribution in [2.75, 3.05) is 5.32 Å². The lowest BCUT2D eigenvalue weighted by Gasteiger charge is -2.06. The Bertz CT molecular complexity index is 1210. The summed E-state index contributed by atoms with van der Waals surface area (Å²) in [6.45, 7) is 0. The maximum atomic E-state index is 13.1. The average Bonchev–Trinajstić information content (AvgIpc) is 3.23. The highest BCUT2D eigenvalue weighted by atomic mass is 35.5. The SMILES string of the molecule is N#Cc1ccc(Cl)cc1NC(=O)c1csc2nc(-c3ccc(F)cc3)cn12. The summed E-state index contributed by atoms with van der Waals surface area (Å²) in [5.41, 5.74) is 2.42. The minimum Gasteiger partial charge on any atom is -0.319 e. The second kappa shape index (κ2) is 6.83. The molecule has 2 aromatic carbocycles. The van der Waals surface area contributed by atoms with Crippen LogP contribution in [0.4, 0.5) is 10.1 Å². The number of carbonyl (C=O) groups is 1. The van der Waals surface area contributed by atoms with Crippen molar-refractivity contribution < 1.29 is 9.18 Å². The van der Waals surface area contributed by atoms with Crippen molar-refractivity contribution in [1.82, 2.24) is 9.38 Å². The molecule has 0 bridgehead atoms. The monoisotopic (exact) mass is 396 g/mol. The Morgan fingerprint density at radius 3 is 2.78 bits per heavy atom. The zero-order chi connectivity index (χ0) is 19.0. The van der Waals surface area contributed by atoms with Gasteiger partial charge in [0.1, 0.15) is 17.6 Å². The third kappa shape index (κ3) is 3.28. The average molecular weight is 397 g/mol. The summed E-state index contributed by atoms with van der Waals surface area (Å²) in [5.74, 6) is -0.710. The molecule has 2 heterocycles. The molecule has 0 saturated carbocycles. The normalized spacial score (nSPS) is 10.7. The quantitative estimate of drug-likeness (QED) is 0.531. The van der Waals surface area contributed by atoms with Crippen molar-refractivity contribution in [3.8, 4) is 17.3 Å². The van der Waals surface area contributed by atoms with Gasteiger partial charge in [0.25, 0.3) is 5.91 Å². The summed E-state index contributed by atoms with van der Waals surface area (Å²) in [6.07, 6.45) is 1.72. The largest absolute Gasteiger partial charge is 0.319 e. The molecule has 0 aliphatic heterocycles. The summed E-state index contributed by atoms with van der Waals surface area (Å²) >= 11 is 7.27. The Morgan fingerprint density at radius 2 is 2.04 bits per heavy atom. The number of imidazole rings is 1. The van der Waals surface area contributed by atoms with Gasteiger partial charge in [0.15, 0.2) is 4.96 Å². The van der Waals surface area contributed by atoms with Crippen LogP contribution >= 0.6 is 22.9 Å².